The summed E-state index contributed by atoms with van der Waals surface area (Å²) in [5.41, 5.74) is 2.37. The van der Waals surface area contributed by atoms with Crippen LogP contribution in [0.1, 0.15) is 32.2 Å². The van der Waals surface area contributed by atoms with E-state index in [1.165, 1.54) is 5.69 Å². The maximum atomic E-state index is 4.44. The number of hydrogen-bond donors (Lipinski definition) is 1. The maximum Gasteiger partial charge on any atom is 0.0597 e. The molecule has 0 radical (unpaired) electrons. The van der Waals surface area contributed by atoms with Crippen molar-refractivity contribution in [1.29, 1.82) is 0 Å². The summed E-state index contributed by atoms with van der Waals surface area (Å²) in [6.45, 7) is 11.5. The Kier molecular flexibility index (Phi) is 4.87. The van der Waals surface area contributed by atoms with Crippen molar-refractivity contribution in [2.75, 3.05) is 12.8 Å². The van der Waals surface area contributed by atoms with Crippen LogP contribution < -0.4 is 5.32 Å². The zero-order valence-corrected chi connectivity index (χ0v) is 11.8. The van der Waals surface area contributed by atoms with Crippen molar-refractivity contribution in [2.24, 2.45) is 0 Å². The van der Waals surface area contributed by atoms with Gasteiger partial charge in [0.15, 0.2) is 0 Å². The van der Waals surface area contributed by atoms with E-state index in [9.17, 15) is 0 Å². The van der Waals surface area contributed by atoms with Crippen LogP contribution >= 0.6 is 11.8 Å². The Hall–Kier alpha value is -0.480. The van der Waals surface area contributed by atoms with Crippen LogP contribution in [0.2, 0.25) is 0 Å². The molecule has 1 rings (SSSR count). The maximum absolute atomic E-state index is 4.44. The van der Waals surface area contributed by atoms with Crippen molar-refractivity contribution in [3.63, 3.8) is 0 Å². The van der Waals surface area contributed by atoms with E-state index in [0.717, 1.165) is 25.3 Å². The second-order valence-electron chi connectivity index (χ2n) is 4.66. The van der Waals surface area contributed by atoms with Gasteiger partial charge in [0.05, 0.1) is 11.4 Å². The number of nitrogens with zero attached hydrogens (tertiary/aromatic N) is 2. The fourth-order valence-corrected chi connectivity index (χ4v) is 1.83. The highest BCUT2D eigenvalue weighted by Crippen LogP contribution is 2.19. The Balaban J connectivity index is 2.48. The summed E-state index contributed by atoms with van der Waals surface area (Å²) >= 11 is 1.89. The topological polar surface area (TPSA) is 29.9 Å². The lowest BCUT2D eigenvalue weighted by Crippen LogP contribution is -2.32. The van der Waals surface area contributed by atoms with Gasteiger partial charge in [-0.2, -0.15) is 16.9 Å². The van der Waals surface area contributed by atoms with Gasteiger partial charge in [0.2, 0.25) is 0 Å². The first-order chi connectivity index (χ1) is 7.48. The van der Waals surface area contributed by atoms with Crippen LogP contribution in [0.25, 0.3) is 0 Å². The predicted molar refractivity (Wildman–Crippen MR) is 71.9 cm³/mol. The standard InChI is InChI=1S/C12H23N3S/c1-6-15-11(7-10(2)14-15)8-13-9-12(3,4)16-5/h7,13H,6,8-9H2,1-5H3. The highest BCUT2D eigenvalue weighted by molar-refractivity contribution is 7.99. The number of aryl methyl sites for hydroxylation is 2. The SMILES string of the molecule is CCn1nc(C)cc1CNCC(C)(C)SC. The molecule has 0 bridgehead atoms. The van der Waals surface area contributed by atoms with Crippen LogP contribution in [0.3, 0.4) is 0 Å². The molecule has 0 atom stereocenters. The average molecular weight is 241 g/mol. The molecule has 0 amide bonds. The molecule has 1 heterocycles. The summed E-state index contributed by atoms with van der Waals surface area (Å²) in [6, 6.07) is 2.16. The van der Waals surface area contributed by atoms with Crippen molar-refractivity contribution in [3.05, 3.63) is 17.5 Å². The zero-order valence-electron chi connectivity index (χ0n) is 11.0. The highest BCUT2D eigenvalue weighted by Gasteiger charge is 2.15. The summed E-state index contributed by atoms with van der Waals surface area (Å²) in [4.78, 5) is 0. The van der Waals surface area contributed by atoms with E-state index in [4.69, 9.17) is 0 Å². The summed E-state index contributed by atoms with van der Waals surface area (Å²) in [7, 11) is 0. The molecule has 0 spiro atoms. The monoisotopic (exact) mass is 241 g/mol. The number of thioether (sulfide) groups is 1. The first kappa shape index (κ1) is 13.6. The minimum atomic E-state index is 0.298. The average Bonchev–Trinajstić information content (AvgIpc) is 2.59. The Bertz CT molecular complexity index is 331. The molecule has 0 aromatic carbocycles. The Morgan fingerprint density at radius 1 is 1.50 bits per heavy atom. The highest BCUT2D eigenvalue weighted by atomic mass is 32.2. The van der Waals surface area contributed by atoms with Crippen LogP contribution in [0.5, 0.6) is 0 Å². The van der Waals surface area contributed by atoms with Gasteiger partial charge < -0.3 is 5.32 Å². The zero-order chi connectivity index (χ0) is 12.2. The van der Waals surface area contributed by atoms with E-state index in [-0.39, 0.29) is 0 Å². The van der Waals surface area contributed by atoms with Crippen molar-refractivity contribution >= 4 is 11.8 Å². The number of hydrogen-bond acceptors (Lipinski definition) is 3. The molecule has 0 fully saturated rings. The third-order valence-electron chi connectivity index (χ3n) is 2.69. The lowest BCUT2D eigenvalue weighted by molar-refractivity contribution is 0.548. The molecular formula is C12H23N3S. The van der Waals surface area contributed by atoms with Gasteiger partial charge in [0, 0.05) is 24.4 Å². The first-order valence-electron chi connectivity index (χ1n) is 5.77. The molecule has 92 valence electrons. The summed E-state index contributed by atoms with van der Waals surface area (Å²) < 4.78 is 2.36. The van der Waals surface area contributed by atoms with Crippen molar-refractivity contribution in [3.8, 4) is 0 Å². The van der Waals surface area contributed by atoms with Gasteiger partial charge in [-0.25, -0.2) is 0 Å². The lowest BCUT2D eigenvalue weighted by Gasteiger charge is -2.22. The van der Waals surface area contributed by atoms with E-state index in [2.05, 4.69) is 48.2 Å². The first-order valence-corrected chi connectivity index (χ1v) is 7.00. The largest absolute Gasteiger partial charge is 0.310 e. The van der Waals surface area contributed by atoms with Crippen molar-refractivity contribution in [2.45, 2.75) is 45.5 Å². The van der Waals surface area contributed by atoms with Gasteiger partial charge in [0.1, 0.15) is 0 Å². The van der Waals surface area contributed by atoms with Gasteiger partial charge in [-0.3, -0.25) is 4.68 Å². The Morgan fingerprint density at radius 3 is 2.75 bits per heavy atom. The van der Waals surface area contributed by atoms with Gasteiger partial charge in [-0.05, 0) is 40.0 Å². The van der Waals surface area contributed by atoms with Gasteiger partial charge in [0.25, 0.3) is 0 Å². The molecule has 0 aliphatic rings. The molecule has 1 N–H and O–H groups in total. The molecule has 0 unspecified atom stereocenters. The molecule has 1 aromatic heterocycles. The van der Waals surface area contributed by atoms with Gasteiger partial charge >= 0.3 is 0 Å². The lowest BCUT2D eigenvalue weighted by atomic mass is 10.2. The van der Waals surface area contributed by atoms with Crippen LogP contribution in [0, 0.1) is 6.92 Å². The third-order valence-corrected chi connectivity index (χ3v) is 3.94. The summed E-state index contributed by atoms with van der Waals surface area (Å²) in [5, 5.41) is 7.94. The molecule has 0 aliphatic heterocycles. The second kappa shape index (κ2) is 5.73. The van der Waals surface area contributed by atoms with E-state index >= 15 is 0 Å². The van der Waals surface area contributed by atoms with Crippen LogP contribution in [-0.4, -0.2) is 27.3 Å². The fraction of sp³-hybridized carbons (Fsp3) is 0.750. The Morgan fingerprint density at radius 2 is 2.19 bits per heavy atom. The summed E-state index contributed by atoms with van der Waals surface area (Å²) in [6.07, 6.45) is 2.15. The molecule has 16 heavy (non-hydrogen) atoms. The molecular weight excluding hydrogens is 218 g/mol. The van der Waals surface area contributed by atoms with E-state index < -0.39 is 0 Å². The van der Waals surface area contributed by atoms with Crippen LogP contribution in [0.15, 0.2) is 6.07 Å². The predicted octanol–water partition coefficient (Wildman–Crippen LogP) is 2.44. The number of aromatic nitrogens is 2. The van der Waals surface area contributed by atoms with Gasteiger partial charge in [-0.15, -0.1) is 0 Å². The molecule has 3 nitrogen and oxygen atoms in total. The molecule has 0 saturated heterocycles. The normalized spacial score (nSPS) is 12.1. The second-order valence-corrected chi connectivity index (χ2v) is 6.17. The summed E-state index contributed by atoms with van der Waals surface area (Å²) in [5.74, 6) is 0. The molecule has 0 saturated carbocycles. The third kappa shape index (κ3) is 3.83. The number of nitrogens with one attached hydrogen (secondary N) is 1. The van der Waals surface area contributed by atoms with Crippen LogP contribution in [-0.2, 0) is 13.1 Å². The van der Waals surface area contributed by atoms with E-state index in [0.29, 0.717) is 4.75 Å². The van der Waals surface area contributed by atoms with E-state index in [1.807, 2.05) is 18.7 Å². The van der Waals surface area contributed by atoms with Crippen molar-refractivity contribution in [1.82, 2.24) is 15.1 Å². The van der Waals surface area contributed by atoms with Crippen LogP contribution in [0.4, 0.5) is 0 Å². The smallest absolute Gasteiger partial charge is 0.0597 e. The Labute approximate surface area is 103 Å². The fourth-order valence-electron chi connectivity index (χ4n) is 1.58. The van der Waals surface area contributed by atoms with Gasteiger partial charge in [-0.1, -0.05) is 0 Å². The molecule has 4 heteroatoms. The van der Waals surface area contributed by atoms with Crippen molar-refractivity contribution < 1.29 is 0 Å². The number of rotatable bonds is 6. The quantitative estimate of drug-likeness (QED) is 0.829. The minimum absolute atomic E-state index is 0.298. The molecule has 1 aromatic rings. The van der Waals surface area contributed by atoms with E-state index in [1.54, 1.807) is 0 Å². The minimum Gasteiger partial charge on any atom is -0.310 e. The molecule has 0 aliphatic carbocycles.